The monoisotopic (exact) mass is 315 g/mol. The van der Waals surface area contributed by atoms with Gasteiger partial charge in [0.05, 0.1) is 0 Å². The van der Waals surface area contributed by atoms with Gasteiger partial charge >= 0.3 is 0 Å². The molecule has 0 aliphatic rings. The van der Waals surface area contributed by atoms with Crippen LogP contribution in [0.2, 0.25) is 0 Å². The van der Waals surface area contributed by atoms with Crippen molar-refractivity contribution in [3.05, 3.63) is 35.6 Å². The Morgan fingerprint density at radius 2 is 1.72 bits per heavy atom. The number of nitrogens with zero attached hydrogens (tertiary/aromatic N) is 1. The second-order valence-corrected chi connectivity index (χ2v) is 5.70. The molecule has 18 heavy (non-hydrogen) atoms. The fourth-order valence-electron chi connectivity index (χ4n) is 2.23. The Hall–Kier alpha value is -0.410. The minimum Gasteiger partial charge on any atom is -0.302 e. The fourth-order valence-corrected chi connectivity index (χ4v) is 3.21. The van der Waals surface area contributed by atoms with E-state index in [1.54, 1.807) is 0 Å². The third-order valence-corrected chi connectivity index (χ3v) is 4.94. The summed E-state index contributed by atoms with van der Waals surface area (Å²) in [7, 11) is 2.13. The van der Waals surface area contributed by atoms with E-state index < -0.39 is 0 Å². The highest BCUT2D eigenvalue weighted by Crippen LogP contribution is 2.29. The lowest BCUT2D eigenvalue weighted by atomic mass is 9.84. The van der Waals surface area contributed by atoms with Crippen molar-refractivity contribution in [2.45, 2.75) is 33.2 Å². The molecule has 0 fully saturated rings. The van der Waals surface area contributed by atoms with Gasteiger partial charge in [-0.15, -0.1) is 0 Å². The van der Waals surface area contributed by atoms with Gasteiger partial charge in [0.25, 0.3) is 0 Å². The average Bonchev–Trinajstić information content (AvgIpc) is 2.39. The van der Waals surface area contributed by atoms with Crippen molar-refractivity contribution < 1.29 is 4.39 Å². The van der Waals surface area contributed by atoms with E-state index in [9.17, 15) is 4.39 Å². The summed E-state index contributed by atoms with van der Waals surface area (Å²) < 4.78 is 12.8. The number of hydrogen-bond acceptors (Lipinski definition) is 1. The lowest BCUT2D eigenvalue weighted by Gasteiger charge is -2.34. The first kappa shape index (κ1) is 15.6. The molecule has 0 spiro atoms. The van der Waals surface area contributed by atoms with E-state index in [4.69, 9.17) is 0 Å². The summed E-state index contributed by atoms with van der Waals surface area (Å²) >= 11 is 3.64. The first-order valence-corrected chi connectivity index (χ1v) is 7.66. The largest absolute Gasteiger partial charge is 0.302 e. The van der Waals surface area contributed by atoms with Gasteiger partial charge in [0, 0.05) is 18.4 Å². The number of halogens is 2. The molecule has 0 radical (unpaired) electrons. The third-order valence-electron chi connectivity index (χ3n) is 3.75. The molecule has 0 saturated heterocycles. The summed E-state index contributed by atoms with van der Waals surface area (Å²) in [6.07, 6.45) is 2.34. The average molecular weight is 316 g/mol. The first-order valence-electron chi connectivity index (χ1n) is 6.54. The third kappa shape index (κ3) is 4.36. The molecule has 1 rings (SSSR count). The van der Waals surface area contributed by atoms with Gasteiger partial charge in [-0.3, -0.25) is 0 Å². The number of hydrogen-bond donors (Lipinski definition) is 0. The van der Waals surface area contributed by atoms with Gasteiger partial charge in [-0.1, -0.05) is 41.9 Å². The van der Waals surface area contributed by atoms with Gasteiger partial charge in [0.2, 0.25) is 0 Å². The molecule has 1 aromatic carbocycles. The van der Waals surface area contributed by atoms with E-state index in [1.807, 2.05) is 12.1 Å². The Bertz CT molecular complexity index is 338. The molecule has 0 aliphatic heterocycles. The SMILES string of the molecule is CCC(CC)(CBr)CN(C)Cc1ccc(F)cc1. The Balaban J connectivity index is 2.60. The molecule has 0 heterocycles. The maximum atomic E-state index is 12.8. The topological polar surface area (TPSA) is 3.24 Å². The van der Waals surface area contributed by atoms with Gasteiger partial charge < -0.3 is 4.90 Å². The zero-order valence-corrected chi connectivity index (χ0v) is 13.1. The second kappa shape index (κ2) is 7.25. The van der Waals surface area contributed by atoms with Crippen LogP contribution in [0, 0.1) is 11.2 Å². The van der Waals surface area contributed by atoms with Crippen molar-refractivity contribution in [1.29, 1.82) is 0 Å². The number of rotatable bonds is 7. The van der Waals surface area contributed by atoms with Crippen LogP contribution in [0.25, 0.3) is 0 Å². The standard InChI is InChI=1S/C15H23BrFN/c1-4-15(5-2,11-16)12-18(3)10-13-6-8-14(17)9-7-13/h6-9H,4-5,10-12H2,1-3H3. The quantitative estimate of drug-likeness (QED) is 0.671. The van der Waals surface area contributed by atoms with Crippen molar-refractivity contribution in [3.8, 4) is 0 Å². The minimum absolute atomic E-state index is 0.168. The highest BCUT2D eigenvalue weighted by molar-refractivity contribution is 9.09. The molecule has 0 saturated carbocycles. The summed E-state index contributed by atoms with van der Waals surface area (Å²) in [6, 6.07) is 6.78. The summed E-state index contributed by atoms with van der Waals surface area (Å²) in [5, 5.41) is 1.03. The van der Waals surface area contributed by atoms with E-state index in [2.05, 4.69) is 41.7 Å². The number of benzene rings is 1. The Labute approximate surface area is 119 Å². The van der Waals surface area contributed by atoms with Gasteiger partial charge in [-0.25, -0.2) is 4.39 Å². The molecule has 1 nitrogen and oxygen atoms in total. The van der Waals surface area contributed by atoms with E-state index in [1.165, 1.54) is 25.0 Å². The molecule has 0 aliphatic carbocycles. The Morgan fingerprint density at radius 1 is 1.17 bits per heavy atom. The molecular weight excluding hydrogens is 293 g/mol. The van der Waals surface area contributed by atoms with Crippen molar-refractivity contribution in [1.82, 2.24) is 4.90 Å². The van der Waals surface area contributed by atoms with Crippen molar-refractivity contribution in [3.63, 3.8) is 0 Å². The highest BCUT2D eigenvalue weighted by Gasteiger charge is 2.26. The zero-order valence-electron chi connectivity index (χ0n) is 11.5. The van der Waals surface area contributed by atoms with Crippen LogP contribution in [0.4, 0.5) is 4.39 Å². The van der Waals surface area contributed by atoms with Gasteiger partial charge in [0.1, 0.15) is 5.82 Å². The predicted molar refractivity (Wildman–Crippen MR) is 79.5 cm³/mol. The van der Waals surface area contributed by atoms with Gasteiger partial charge in [0.15, 0.2) is 0 Å². The highest BCUT2D eigenvalue weighted by atomic mass is 79.9. The molecule has 0 unspecified atom stereocenters. The maximum absolute atomic E-state index is 12.8. The van der Waals surface area contributed by atoms with E-state index in [-0.39, 0.29) is 5.82 Å². The van der Waals surface area contributed by atoms with Crippen LogP contribution >= 0.6 is 15.9 Å². The summed E-state index contributed by atoms with van der Waals surface area (Å²) in [6.45, 7) is 6.42. The van der Waals surface area contributed by atoms with Crippen LogP contribution in [-0.2, 0) is 6.54 Å². The minimum atomic E-state index is -0.168. The molecule has 102 valence electrons. The Kier molecular flexibility index (Phi) is 6.30. The molecule has 1 aromatic rings. The molecular formula is C15H23BrFN. The van der Waals surface area contributed by atoms with Crippen LogP contribution in [-0.4, -0.2) is 23.8 Å². The lowest BCUT2D eigenvalue weighted by molar-refractivity contribution is 0.180. The van der Waals surface area contributed by atoms with Crippen LogP contribution in [0.5, 0.6) is 0 Å². The Morgan fingerprint density at radius 3 is 2.17 bits per heavy atom. The molecule has 0 bridgehead atoms. The van der Waals surface area contributed by atoms with Crippen molar-refractivity contribution >= 4 is 15.9 Å². The van der Waals surface area contributed by atoms with Crippen LogP contribution < -0.4 is 0 Å². The maximum Gasteiger partial charge on any atom is 0.123 e. The normalized spacial score (nSPS) is 12.1. The molecule has 0 atom stereocenters. The molecule has 0 aromatic heterocycles. The van der Waals surface area contributed by atoms with Crippen molar-refractivity contribution in [2.24, 2.45) is 5.41 Å². The molecule has 3 heteroatoms. The smallest absolute Gasteiger partial charge is 0.123 e. The molecule has 0 amide bonds. The van der Waals surface area contributed by atoms with Crippen LogP contribution in [0.1, 0.15) is 32.3 Å². The van der Waals surface area contributed by atoms with E-state index in [0.717, 1.165) is 24.0 Å². The fraction of sp³-hybridized carbons (Fsp3) is 0.600. The zero-order chi connectivity index (χ0) is 13.6. The summed E-state index contributed by atoms with van der Waals surface area (Å²) in [5.41, 5.74) is 1.50. The second-order valence-electron chi connectivity index (χ2n) is 5.14. The lowest BCUT2D eigenvalue weighted by Crippen LogP contribution is -2.36. The summed E-state index contributed by atoms with van der Waals surface area (Å²) in [5.74, 6) is -0.168. The van der Waals surface area contributed by atoms with E-state index >= 15 is 0 Å². The van der Waals surface area contributed by atoms with E-state index in [0.29, 0.717) is 5.41 Å². The molecule has 0 N–H and O–H groups in total. The van der Waals surface area contributed by atoms with Crippen LogP contribution in [0.15, 0.2) is 24.3 Å². The number of alkyl halides is 1. The first-order chi connectivity index (χ1) is 8.55. The predicted octanol–water partition coefficient (Wildman–Crippen LogP) is 4.46. The van der Waals surface area contributed by atoms with Crippen molar-refractivity contribution in [2.75, 3.05) is 18.9 Å². The van der Waals surface area contributed by atoms with Crippen LogP contribution in [0.3, 0.4) is 0 Å². The summed E-state index contributed by atoms with van der Waals surface area (Å²) in [4.78, 5) is 2.32. The van der Waals surface area contributed by atoms with Gasteiger partial charge in [-0.05, 0) is 43.0 Å². The van der Waals surface area contributed by atoms with Gasteiger partial charge in [-0.2, -0.15) is 0 Å².